The largest absolute Gasteiger partial charge is 0.394 e. The van der Waals surface area contributed by atoms with Crippen LogP contribution in [0.4, 0.5) is 0 Å². The van der Waals surface area contributed by atoms with Crippen LogP contribution in [-0.4, -0.2) is 35.2 Å². The molecule has 0 heterocycles. The highest BCUT2D eigenvalue weighted by Crippen LogP contribution is 2.15. The lowest BCUT2D eigenvalue weighted by atomic mass is 9.93. The van der Waals surface area contributed by atoms with E-state index in [1.54, 1.807) is 0 Å². The van der Waals surface area contributed by atoms with Crippen molar-refractivity contribution in [2.75, 3.05) is 6.61 Å². The van der Waals surface area contributed by atoms with Gasteiger partial charge in [0.05, 0.1) is 12.6 Å². The van der Waals surface area contributed by atoms with E-state index in [9.17, 15) is 9.90 Å². The van der Waals surface area contributed by atoms with E-state index >= 15 is 0 Å². The van der Waals surface area contributed by atoms with Gasteiger partial charge in [-0.25, -0.2) is 0 Å². The summed E-state index contributed by atoms with van der Waals surface area (Å²) in [5.41, 5.74) is -0.340. The third kappa shape index (κ3) is 4.49. The summed E-state index contributed by atoms with van der Waals surface area (Å²) in [5.74, 6) is -0.0188. The van der Waals surface area contributed by atoms with Crippen molar-refractivity contribution in [3.63, 3.8) is 0 Å². The SMILES string of the molecule is CCC(CC)(CO)NC(C)C(=O)NC(C)C. The van der Waals surface area contributed by atoms with Gasteiger partial charge in [-0.05, 0) is 33.6 Å². The highest BCUT2D eigenvalue weighted by Gasteiger charge is 2.29. The normalized spacial score (nSPS) is 13.9. The number of aliphatic hydroxyl groups excluding tert-OH is 1. The summed E-state index contributed by atoms with van der Waals surface area (Å²) in [6.07, 6.45) is 1.61. The number of carbonyl (C=O) groups excluding carboxylic acids is 1. The molecular formula is C12H26N2O2. The Hall–Kier alpha value is -0.610. The summed E-state index contributed by atoms with van der Waals surface area (Å²) in [7, 11) is 0. The van der Waals surface area contributed by atoms with E-state index in [1.807, 2.05) is 34.6 Å². The molecule has 0 aromatic heterocycles. The van der Waals surface area contributed by atoms with E-state index in [0.29, 0.717) is 0 Å². The molecule has 4 nitrogen and oxygen atoms in total. The van der Waals surface area contributed by atoms with Crippen LogP contribution in [0.25, 0.3) is 0 Å². The smallest absolute Gasteiger partial charge is 0.237 e. The lowest BCUT2D eigenvalue weighted by molar-refractivity contribution is -0.124. The van der Waals surface area contributed by atoms with Crippen molar-refractivity contribution in [1.82, 2.24) is 10.6 Å². The molecule has 0 spiro atoms. The third-order valence-corrected chi connectivity index (χ3v) is 3.00. The van der Waals surface area contributed by atoms with E-state index in [1.165, 1.54) is 0 Å². The summed E-state index contributed by atoms with van der Waals surface area (Å²) in [4.78, 5) is 11.7. The molecular weight excluding hydrogens is 204 g/mol. The molecule has 0 aromatic rings. The maximum Gasteiger partial charge on any atom is 0.237 e. The molecule has 4 heteroatoms. The van der Waals surface area contributed by atoms with Crippen LogP contribution in [-0.2, 0) is 4.79 Å². The quantitative estimate of drug-likeness (QED) is 0.612. The first-order valence-corrected chi connectivity index (χ1v) is 6.09. The average molecular weight is 230 g/mol. The Morgan fingerprint density at radius 1 is 1.25 bits per heavy atom. The summed E-state index contributed by atoms with van der Waals surface area (Å²) in [6, 6.07) is -0.141. The predicted octanol–water partition coefficient (Wildman–Crippen LogP) is 1.04. The Balaban J connectivity index is 4.40. The second kappa shape index (κ2) is 6.86. The van der Waals surface area contributed by atoms with Crippen LogP contribution < -0.4 is 10.6 Å². The minimum Gasteiger partial charge on any atom is -0.394 e. The van der Waals surface area contributed by atoms with Crippen molar-refractivity contribution < 1.29 is 9.90 Å². The molecule has 0 aliphatic heterocycles. The van der Waals surface area contributed by atoms with Gasteiger partial charge in [0, 0.05) is 11.6 Å². The van der Waals surface area contributed by atoms with E-state index < -0.39 is 0 Å². The monoisotopic (exact) mass is 230 g/mol. The molecule has 0 radical (unpaired) electrons. The molecule has 0 bridgehead atoms. The topological polar surface area (TPSA) is 61.4 Å². The molecule has 96 valence electrons. The Kier molecular flexibility index (Phi) is 6.60. The first-order valence-electron chi connectivity index (χ1n) is 6.09. The Labute approximate surface area is 98.8 Å². The fourth-order valence-corrected chi connectivity index (χ4v) is 1.66. The van der Waals surface area contributed by atoms with Gasteiger partial charge in [-0.15, -0.1) is 0 Å². The van der Waals surface area contributed by atoms with Crippen molar-refractivity contribution in [1.29, 1.82) is 0 Å². The maximum atomic E-state index is 11.7. The van der Waals surface area contributed by atoms with Gasteiger partial charge in [0.25, 0.3) is 0 Å². The number of hydrogen-bond donors (Lipinski definition) is 3. The summed E-state index contributed by atoms with van der Waals surface area (Å²) < 4.78 is 0. The highest BCUT2D eigenvalue weighted by atomic mass is 16.3. The number of nitrogens with one attached hydrogen (secondary N) is 2. The van der Waals surface area contributed by atoms with Gasteiger partial charge >= 0.3 is 0 Å². The standard InChI is InChI=1S/C12H26N2O2/c1-6-12(7-2,8-15)14-10(5)11(16)13-9(3)4/h9-10,14-15H,6-8H2,1-5H3,(H,13,16). The first-order chi connectivity index (χ1) is 7.40. The minimum absolute atomic E-state index is 0.0188. The molecule has 3 N–H and O–H groups in total. The molecule has 1 atom stereocenters. The molecule has 0 fully saturated rings. The van der Waals surface area contributed by atoms with Gasteiger partial charge in [-0.3, -0.25) is 10.1 Å². The first kappa shape index (κ1) is 15.4. The van der Waals surface area contributed by atoms with Crippen LogP contribution in [0.5, 0.6) is 0 Å². The predicted molar refractivity (Wildman–Crippen MR) is 66.3 cm³/mol. The van der Waals surface area contributed by atoms with Crippen molar-refractivity contribution in [3.05, 3.63) is 0 Å². The molecule has 0 aliphatic carbocycles. The van der Waals surface area contributed by atoms with Crippen molar-refractivity contribution in [3.8, 4) is 0 Å². The molecule has 0 aromatic carbocycles. The second-order valence-corrected chi connectivity index (χ2v) is 4.67. The summed E-state index contributed by atoms with van der Waals surface area (Å²) in [5, 5.41) is 15.5. The van der Waals surface area contributed by atoms with Gasteiger partial charge in [0.15, 0.2) is 0 Å². The Morgan fingerprint density at radius 3 is 2.06 bits per heavy atom. The van der Waals surface area contributed by atoms with Gasteiger partial charge in [-0.1, -0.05) is 13.8 Å². The average Bonchev–Trinajstić information content (AvgIpc) is 2.25. The van der Waals surface area contributed by atoms with Crippen LogP contribution >= 0.6 is 0 Å². The summed E-state index contributed by atoms with van der Waals surface area (Å²) >= 11 is 0. The fraction of sp³-hybridized carbons (Fsp3) is 0.917. The van der Waals surface area contributed by atoms with Crippen LogP contribution in [0.3, 0.4) is 0 Å². The zero-order valence-corrected chi connectivity index (χ0v) is 11.1. The number of hydrogen-bond acceptors (Lipinski definition) is 3. The van der Waals surface area contributed by atoms with Crippen molar-refractivity contribution >= 4 is 5.91 Å². The van der Waals surface area contributed by atoms with Gasteiger partial charge in [0.1, 0.15) is 0 Å². The van der Waals surface area contributed by atoms with Crippen LogP contribution in [0, 0.1) is 0 Å². The fourth-order valence-electron chi connectivity index (χ4n) is 1.66. The summed E-state index contributed by atoms with van der Waals surface area (Å²) in [6.45, 7) is 9.78. The number of amides is 1. The highest BCUT2D eigenvalue weighted by molar-refractivity contribution is 5.81. The Morgan fingerprint density at radius 2 is 1.75 bits per heavy atom. The van der Waals surface area contributed by atoms with Gasteiger partial charge in [-0.2, -0.15) is 0 Å². The number of rotatable bonds is 7. The third-order valence-electron chi connectivity index (χ3n) is 3.00. The number of carbonyl (C=O) groups is 1. The zero-order chi connectivity index (χ0) is 12.8. The van der Waals surface area contributed by atoms with Crippen molar-refractivity contribution in [2.24, 2.45) is 0 Å². The molecule has 0 saturated carbocycles. The lowest BCUT2D eigenvalue weighted by Gasteiger charge is -2.33. The van der Waals surface area contributed by atoms with Crippen molar-refractivity contribution in [2.45, 2.75) is 65.1 Å². The van der Waals surface area contributed by atoms with Gasteiger partial charge < -0.3 is 10.4 Å². The molecule has 0 saturated heterocycles. The van der Waals surface area contributed by atoms with Crippen LogP contribution in [0.1, 0.15) is 47.5 Å². The zero-order valence-electron chi connectivity index (χ0n) is 11.1. The van der Waals surface area contributed by atoms with E-state index in [-0.39, 0.29) is 30.1 Å². The maximum absolute atomic E-state index is 11.7. The van der Waals surface area contributed by atoms with E-state index in [0.717, 1.165) is 12.8 Å². The molecule has 16 heavy (non-hydrogen) atoms. The second-order valence-electron chi connectivity index (χ2n) is 4.67. The molecule has 0 rings (SSSR count). The molecule has 0 aliphatic rings. The minimum atomic E-state index is -0.340. The number of aliphatic hydroxyl groups is 1. The lowest BCUT2D eigenvalue weighted by Crippen LogP contribution is -2.56. The van der Waals surface area contributed by atoms with Crippen LogP contribution in [0.2, 0.25) is 0 Å². The molecule has 1 unspecified atom stereocenters. The van der Waals surface area contributed by atoms with E-state index in [4.69, 9.17) is 0 Å². The van der Waals surface area contributed by atoms with Crippen LogP contribution in [0.15, 0.2) is 0 Å². The van der Waals surface area contributed by atoms with Gasteiger partial charge in [0.2, 0.25) is 5.91 Å². The molecule has 1 amide bonds. The van der Waals surface area contributed by atoms with E-state index in [2.05, 4.69) is 10.6 Å². The Bertz CT molecular complexity index is 205.